The minimum Gasteiger partial charge on any atom is -0.460 e. The standard InChI is InChI=1S/C21H26N4O4/c1-16-3-2-4-19(27)25(16)9-5-18(26)24-10-6-21(7-11-24)13-17(29-20(21)28)14-23-12-8-22-15-23/h2-4,8,12,15,17H,5-7,9-11,13-14H2,1H3. The third-order valence-corrected chi connectivity index (χ3v) is 6.19. The largest absolute Gasteiger partial charge is 0.460 e. The monoisotopic (exact) mass is 398 g/mol. The Morgan fingerprint density at radius 2 is 2.07 bits per heavy atom. The number of carbonyl (C=O) groups is 2. The van der Waals surface area contributed by atoms with Crippen LogP contribution in [0.25, 0.3) is 0 Å². The van der Waals surface area contributed by atoms with E-state index in [1.807, 2.05) is 28.7 Å². The van der Waals surface area contributed by atoms with Crippen molar-refractivity contribution in [3.05, 3.63) is 53.0 Å². The van der Waals surface area contributed by atoms with Gasteiger partial charge in [0.1, 0.15) is 6.10 Å². The first-order valence-electron chi connectivity index (χ1n) is 10.1. The Bertz CT molecular complexity index is 942. The SMILES string of the molecule is Cc1cccc(=O)n1CCC(=O)N1CCC2(CC1)CC(Cn1ccnc1)OC2=O. The highest BCUT2D eigenvalue weighted by Crippen LogP contribution is 2.43. The van der Waals surface area contributed by atoms with Gasteiger partial charge in [0.15, 0.2) is 0 Å². The number of cyclic esters (lactones) is 1. The van der Waals surface area contributed by atoms with E-state index in [-0.39, 0.29) is 30.0 Å². The Hall–Kier alpha value is -2.90. The number of hydrogen-bond donors (Lipinski definition) is 0. The average molecular weight is 398 g/mol. The lowest BCUT2D eigenvalue weighted by Crippen LogP contribution is -2.45. The highest BCUT2D eigenvalue weighted by atomic mass is 16.6. The average Bonchev–Trinajstić information content (AvgIpc) is 3.30. The molecule has 2 fully saturated rings. The molecule has 2 aromatic heterocycles. The lowest BCUT2D eigenvalue weighted by molar-refractivity contribution is -0.152. The van der Waals surface area contributed by atoms with E-state index in [0.717, 1.165) is 5.69 Å². The van der Waals surface area contributed by atoms with Crippen molar-refractivity contribution < 1.29 is 14.3 Å². The lowest BCUT2D eigenvalue weighted by Gasteiger charge is -2.36. The molecule has 2 saturated heterocycles. The Labute approximate surface area is 169 Å². The number of ether oxygens (including phenoxy) is 1. The highest BCUT2D eigenvalue weighted by Gasteiger charge is 2.50. The summed E-state index contributed by atoms with van der Waals surface area (Å²) in [6.45, 7) is 3.95. The van der Waals surface area contributed by atoms with Gasteiger partial charge >= 0.3 is 5.97 Å². The van der Waals surface area contributed by atoms with Gasteiger partial charge in [0.25, 0.3) is 5.56 Å². The molecule has 8 heteroatoms. The van der Waals surface area contributed by atoms with E-state index in [4.69, 9.17) is 4.74 Å². The van der Waals surface area contributed by atoms with Crippen molar-refractivity contribution in [1.82, 2.24) is 19.0 Å². The van der Waals surface area contributed by atoms with Crippen molar-refractivity contribution in [3.8, 4) is 0 Å². The Morgan fingerprint density at radius 1 is 1.28 bits per heavy atom. The van der Waals surface area contributed by atoms with Crippen LogP contribution in [-0.2, 0) is 27.4 Å². The Morgan fingerprint density at radius 3 is 2.76 bits per heavy atom. The quantitative estimate of drug-likeness (QED) is 0.710. The molecule has 0 radical (unpaired) electrons. The Kier molecular flexibility index (Phi) is 5.25. The van der Waals surface area contributed by atoms with Crippen LogP contribution >= 0.6 is 0 Å². The predicted molar refractivity (Wildman–Crippen MR) is 105 cm³/mol. The number of nitrogens with zero attached hydrogens (tertiary/aromatic N) is 4. The maximum Gasteiger partial charge on any atom is 0.312 e. The molecule has 8 nitrogen and oxygen atoms in total. The molecule has 0 aromatic carbocycles. The number of aromatic nitrogens is 3. The van der Waals surface area contributed by atoms with Crippen LogP contribution in [0.2, 0.25) is 0 Å². The molecule has 154 valence electrons. The normalized spacial score (nSPS) is 20.8. The number of aryl methyl sites for hydroxylation is 1. The van der Waals surface area contributed by atoms with Crippen LogP contribution in [0.3, 0.4) is 0 Å². The number of hydrogen-bond acceptors (Lipinski definition) is 5. The third kappa shape index (κ3) is 3.97. The van der Waals surface area contributed by atoms with Gasteiger partial charge in [0, 0.05) is 56.6 Å². The van der Waals surface area contributed by atoms with Crippen molar-refractivity contribution in [1.29, 1.82) is 0 Å². The molecular weight excluding hydrogens is 372 g/mol. The molecule has 0 N–H and O–H groups in total. The summed E-state index contributed by atoms with van der Waals surface area (Å²) in [4.78, 5) is 43.0. The maximum atomic E-state index is 12.6. The number of imidazole rings is 1. The summed E-state index contributed by atoms with van der Waals surface area (Å²) in [7, 11) is 0. The molecule has 0 aliphatic carbocycles. The van der Waals surface area contributed by atoms with Gasteiger partial charge in [-0.15, -0.1) is 0 Å². The zero-order valence-electron chi connectivity index (χ0n) is 16.6. The van der Waals surface area contributed by atoms with E-state index in [9.17, 15) is 14.4 Å². The number of amides is 1. The molecule has 4 heterocycles. The van der Waals surface area contributed by atoms with Gasteiger partial charge in [-0.25, -0.2) is 4.98 Å². The second-order valence-electron chi connectivity index (χ2n) is 8.06. The van der Waals surface area contributed by atoms with E-state index in [0.29, 0.717) is 45.4 Å². The summed E-state index contributed by atoms with van der Waals surface area (Å²) in [6, 6.07) is 5.09. The van der Waals surface area contributed by atoms with E-state index < -0.39 is 5.41 Å². The molecular formula is C21H26N4O4. The van der Waals surface area contributed by atoms with Crippen molar-refractivity contribution in [3.63, 3.8) is 0 Å². The zero-order chi connectivity index (χ0) is 20.4. The first kappa shape index (κ1) is 19.4. The topological polar surface area (TPSA) is 86.4 Å². The van der Waals surface area contributed by atoms with E-state index in [1.165, 1.54) is 6.07 Å². The number of esters is 1. The van der Waals surface area contributed by atoms with Crippen LogP contribution < -0.4 is 5.56 Å². The molecule has 1 spiro atoms. The van der Waals surface area contributed by atoms with Crippen LogP contribution in [0.5, 0.6) is 0 Å². The van der Waals surface area contributed by atoms with Gasteiger partial charge in [0.2, 0.25) is 5.91 Å². The second kappa shape index (κ2) is 7.85. The second-order valence-corrected chi connectivity index (χ2v) is 8.06. The number of rotatable bonds is 5. The van der Waals surface area contributed by atoms with Crippen LogP contribution in [0.4, 0.5) is 0 Å². The molecule has 1 unspecified atom stereocenters. The van der Waals surface area contributed by atoms with Gasteiger partial charge in [-0.3, -0.25) is 14.4 Å². The van der Waals surface area contributed by atoms with E-state index in [1.54, 1.807) is 23.2 Å². The summed E-state index contributed by atoms with van der Waals surface area (Å²) in [5.74, 6) is -0.113. The fourth-order valence-electron chi connectivity index (χ4n) is 4.44. The van der Waals surface area contributed by atoms with Crippen LogP contribution in [0.15, 0.2) is 41.7 Å². The fourth-order valence-corrected chi connectivity index (χ4v) is 4.44. The molecule has 0 bridgehead atoms. The Balaban J connectivity index is 1.31. The van der Waals surface area contributed by atoms with Crippen LogP contribution in [-0.4, -0.2) is 50.1 Å². The van der Waals surface area contributed by atoms with Crippen molar-refractivity contribution >= 4 is 11.9 Å². The van der Waals surface area contributed by atoms with Crippen LogP contribution in [0, 0.1) is 12.3 Å². The van der Waals surface area contributed by atoms with Crippen molar-refractivity contribution in [2.24, 2.45) is 5.41 Å². The summed E-state index contributed by atoms with van der Waals surface area (Å²) in [5, 5.41) is 0. The molecule has 4 rings (SSSR count). The first-order valence-corrected chi connectivity index (χ1v) is 10.1. The summed E-state index contributed by atoms with van der Waals surface area (Å²) < 4.78 is 9.17. The van der Waals surface area contributed by atoms with Gasteiger partial charge in [-0.05, 0) is 25.8 Å². The molecule has 1 amide bonds. The van der Waals surface area contributed by atoms with Crippen molar-refractivity contribution in [2.45, 2.75) is 51.8 Å². The van der Waals surface area contributed by atoms with E-state index in [2.05, 4.69) is 4.98 Å². The molecule has 0 saturated carbocycles. The van der Waals surface area contributed by atoms with Gasteiger partial charge in [-0.1, -0.05) is 6.07 Å². The fraction of sp³-hybridized carbons (Fsp3) is 0.524. The number of pyridine rings is 1. The third-order valence-electron chi connectivity index (χ3n) is 6.19. The zero-order valence-corrected chi connectivity index (χ0v) is 16.6. The molecule has 2 aromatic rings. The molecule has 2 aliphatic rings. The smallest absolute Gasteiger partial charge is 0.312 e. The van der Waals surface area contributed by atoms with Gasteiger partial charge in [0.05, 0.1) is 18.3 Å². The minimum absolute atomic E-state index is 0.0244. The molecule has 1 atom stereocenters. The van der Waals surface area contributed by atoms with E-state index >= 15 is 0 Å². The molecule has 2 aliphatic heterocycles. The maximum absolute atomic E-state index is 12.6. The highest BCUT2D eigenvalue weighted by molar-refractivity contribution is 5.80. The summed E-state index contributed by atoms with van der Waals surface area (Å²) in [5.41, 5.74) is 0.281. The summed E-state index contributed by atoms with van der Waals surface area (Å²) in [6.07, 6.45) is 7.37. The summed E-state index contributed by atoms with van der Waals surface area (Å²) >= 11 is 0. The number of carbonyl (C=O) groups excluding carboxylic acids is 2. The van der Waals surface area contributed by atoms with Crippen molar-refractivity contribution in [2.75, 3.05) is 13.1 Å². The van der Waals surface area contributed by atoms with Gasteiger partial charge < -0.3 is 18.8 Å². The molecule has 29 heavy (non-hydrogen) atoms. The number of likely N-dealkylation sites (tertiary alicyclic amines) is 1. The van der Waals surface area contributed by atoms with Gasteiger partial charge in [-0.2, -0.15) is 0 Å². The van der Waals surface area contributed by atoms with Crippen LogP contribution in [0.1, 0.15) is 31.4 Å². The predicted octanol–water partition coefficient (Wildman–Crippen LogP) is 1.37. The minimum atomic E-state index is -0.477. The first-order chi connectivity index (χ1) is 14.0. The lowest BCUT2D eigenvalue weighted by atomic mass is 9.76. The number of piperidine rings is 1.